The van der Waals surface area contributed by atoms with Gasteiger partial charge in [-0.15, -0.1) is 0 Å². The normalized spacial score (nSPS) is 16.4. The van der Waals surface area contributed by atoms with Crippen LogP contribution < -0.4 is 10.1 Å². The molecule has 0 amide bonds. The molecule has 0 unspecified atom stereocenters. The minimum Gasteiger partial charge on any atom is -0.490 e. The summed E-state index contributed by atoms with van der Waals surface area (Å²) in [5, 5.41) is 3.26. The van der Waals surface area contributed by atoms with Gasteiger partial charge in [0, 0.05) is 18.8 Å². The summed E-state index contributed by atoms with van der Waals surface area (Å²) in [6.45, 7) is 1.96. The Labute approximate surface area is 141 Å². The third kappa shape index (κ3) is 5.78. The highest BCUT2D eigenvalue weighted by Gasteiger charge is 2.18. The van der Waals surface area contributed by atoms with Crippen molar-refractivity contribution in [1.29, 1.82) is 0 Å². The number of rotatable bonds is 9. The van der Waals surface area contributed by atoms with Crippen LogP contribution in [0.2, 0.25) is 0 Å². The molecule has 132 valence electrons. The maximum absolute atomic E-state index is 11.5. The van der Waals surface area contributed by atoms with Crippen LogP contribution >= 0.6 is 0 Å². The monoisotopic (exact) mass is 337 g/mol. The summed E-state index contributed by atoms with van der Waals surface area (Å²) in [5.41, 5.74) is 0.835. The number of nitrogens with one attached hydrogen (secondary N) is 1. The number of hydrogen-bond donors (Lipinski definition) is 1. The summed E-state index contributed by atoms with van der Waals surface area (Å²) in [7, 11) is 2.62. The number of esters is 2. The molecule has 1 aromatic heterocycles. The van der Waals surface area contributed by atoms with Crippen molar-refractivity contribution in [2.75, 3.05) is 40.5 Å². The predicted octanol–water partition coefficient (Wildman–Crippen LogP) is -0.0297. The van der Waals surface area contributed by atoms with Crippen LogP contribution in [0.4, 0.5) is 0 Å². The highest BCUT2D eigenvalue weighted by atomic mass is 16.5. The first-order valence-corrected chi connectivity index (χ1v) is 7.76. The Balaban J connectivity index is 1.95. The van der Waals surface area contributed by atoms with E-state index in [0.29, 0.717) is 24.9 Å². The van der Waals surface area contributed by atoms with Gasteiger partial charge in [-0.05, 0) is 24.6 Å². The zero-order valence-electron chi connectivity index (χ0n) is 14.0. The molecule has 1 fully saturated rings. The van der Waals surface area contributed by atoms with Crippen LogP contribution in [0.15, 0.2) is 18.5 Å². The highest BCUT2D eigenvalue weighted by molar-refractivity contribution is 5.74. The maximum atomic E-state index is 11.5. The standard InChI is InChI=1S/C16H23N3O5/c1-22-15(20)9-19(10-16(21)23-2)8-12-5-14(7-17-6-12)24-11-13-3-4-18-13/h5-7,13,18H,3-4,8-11H2,1-2H3/t13-/m0/s1. The summed E-state index contributed by atoms with van der Waals surface area (Å²) < 4.78 is 15.0. The topological polar surface area (TPSA) is 90.0 Å². The molecule has 24 heavy (non-hydrogen) atoms. The molecule has 0 spiro atoms. The van der Waals surface area contributed by atoms with Crippen LogP contribution in [0.3, 0.4) is 0 Å². The lowest BCUT2D eigenvalue weighted by atomic mass is 10.1. The van der Waals surface area contributed by atoms with Crippen molar-refractivity contribution in [3.63, 3.8) is 0 Å². The number of methoxy groups -OCH3 is 2. The molecule has 0 radical (unpaired) electrons. The minimum absolute atomic E-state index is 0.0112. The molecule has 0 saturated carbocycles. The maximum Gasteiger partial charge on any atom is 0.319 e. The third-order valence-electron chi connectivity index (χ3n) is 3.71. The van der Waals surface area contributed by atoms with E-state index in [1.165, 1.54) is 14.2 Å². The van der Waals surface area contributed by atoms with E-state index in [4.69, 9.17) is 4.74 Å². The fourth-order valence-corrected chi connectivity index (χ4v) is 2.24. The molecule has 8 nitrogen and oxygen atoms in total. The van der Waals surface area contributed by atoms with E-state index in [9.17, 15) is 9.59 Å². The van der Waals surface area contributed by atoms with Gasteiger partial charge in [-0.1, -0.05) is 0 Å². The first-order chi connectivity index (χ1) is 11.6. The molecular weight excluding hydrogens is 314 g/mol. The number of carbonyl (C=O) groups excluding carboxylic acids is 2. The van der Waals surface area contributed by atoms with Crippen LogP contribution in [0.1, 0.15) is 12.0 Å². The van der Waals surface area contributed by atoms with Gasteiger partial charge in [0.2, 0.25) is 0 Å². The van der Waals surface area contributed by atoms with E-state index in [0.717, 1.165) is 18.5 Å². The molecule has 1 atom stereocenters. The first kappa shape index (κ1) is 18.2. The van der Waals surface area contributed by atoms with Crippen molar-refractivity contribution in [2.24, 2.45) is 0 Å². The van der Waals surface area contributed by atoms with Gasteiger partial charge in [0.25, 0.3) is 0 Å². The smallest absolute Gasteiger partial charge is 0.319 e. The Hall–Kier alpha value is -2.19. The lowest BCUT2D eigenvalue weighted by molar-refractivity contribution is -0.145. The summed E-state index contributed by atoms with van der Waals surface area (Å²) >= 11 is 0. The van der Waals surface area contributed by atoms with Gasteiger partial charge in [0.05, 0.1) is 33.5 Å². The fraction of sp³-hybridized carbons (Fsp3) is 0.562. The largest absolute Gasteiger partial charge is 0.490 e. The van der Waals surface area contributed by atoms with Crippen LogP contribution in [-0.4, -0.2) is 68.3 Å². The van der Waals surface area contributed by atoms with Gasteiger partial charge in [-0.25, -0.2) is 0 Å². The molecule has 2 rings (SSSR count). The molecule has 1 aromatic rings. The second-order valence-electron chi connectivity index (χ2n) is 5.58. The number of nitrogens with zero attached hydrogens (tertiary/aromatic N) is 2. The number of carbonyl (C=O) groups is 2. The second-order valence-corrected chi connectivity index (χ2v) is 5.58. The molecule has 1 aliphatic heterocycles. The quantitative estimate of drug-likeness (QED) is 0.628. The summed E-state index contributed by atoms with van der Waals surface area (Å²) in [5.74, 6) is -0.178. The Kier molecular flexibility index (Phi) is 6.95. The van der Waals surface area contributed by atoms with Crippen molar-refractivity contribution in [2.45, 2.75) is 19.0 Å². The average molecular weight is 337 g/mol. The van der Waals surface area contributed by atoms with E-state index in [1.807, 2.05) is 6.07 Å². The molecular formula is C16H23N3O5. The summed E-state index contributed by atoms with van der Waals surface area (Å²) in [4.78, 5) is 28.8. The molecule has 2 heterocycles. The lowest BCUT2D eigenvalue weighted by Crippen LogP contribution is -2.46. The van der Waals surface area contributed by atoms with Crippen LogP contribution in [0, 0.1) is 0 Å². The van der Waals surface area contributed by atoms with Crippen LogP contribution in [-0.2, 0) is 25.6 Å². The SMILES string of the molecule is COC(=O)CN(CC(=O)OC)Cc1cncc(OC[C@@H]2CCN2)c1. The molecule has 0 aliphatic carbocycles. The first-order valence-electron chi connectivity index (χ1n) is 7.76. The van der Waals surface area contributed by atoms with Crippen molar-refractivity contribution in [3.8, 4) is 5.75 Å². The van der Waals surface area contributed by atoms with Crippen LogP contribution in [0.5, 0.6) is 5.75 Å². The molecule has 8 heteroatoms. The van der Waals surface area contributed by atoms with Gasteiger partial charge in [-0.3, -0.25) is 19.5 Å². The van der Waals surface area contributed by atoms with Gasteiger partial charge in [0.15, 0.2) is 0 Å². The number of aromatic nitrogens is 1. The molecule has 0 aromatic carbocycles. The third-order valence-corrected chi connectivity index (χ3v) is 3.71. The van der Waals surface area contributed by atoms with E-state index in [2.05, 4.69) is 19.8 Å². The summed E-state index contributed by atoms with van der Waals surface area (Å²) in [6, 6.07) is 2.25. The van der Waals surface area contributed by atoms with Gasteiger partial charge >= 0.3 is 11.9 Å². The molecule has 1 N–H and O–H groups in total. The minimum atomic E-state index is -0.421. The van der Waals surface area contributed by atoms with Gasteiger partial charge < -0.3 is 19.5 Å². The van der Waals surface area contributed by atoms with Crippen molar-refractivity contribution < 1.29 is 23.8 Å². The predicted molar refractivity (Wildman–Crippen MR) is 85.4 cm³/mol. The number of hydrogen-bond acceptors (Lipinski definition) is 8. The number of pyridine rings is 1. The second kappa shape index (κ2) is 9.19. The van der Waals surface area contributed by atoms with Gasteiger partial charge in [0.1, 0.15) is 12.4 Å². The van der Waals surface area contributed by atoms with Crippen LogP contribution in [0.25, 0.3) is 0 Å². The Morgan fingerprint density at radius 3 is 2.46 bits per heavy atom. The average Bonchev–Trinajstić information content (AvgIpc) is 2.53. The van der Waals surface area contributed by atoms with E-state index >= 15 is 0 Å². The van der Waals surface area contributed by atoms with Crippen molar-refractivity contribution >= 4 is 11.9 Å². The number of ether oxygens (including phenoxy) is 3. The Bertz CT molecular complexity index is 544. The summed E-state index contributed by atoms with van der Waals surface area (Å²) in [6.07, 6.45) is 4.43. The molecule has 1 aliphatic rings. The van der Waals surface area contributed by atoms with E-state index < -0.39 is 11.9 Å². The molecule has 1 saturated heterocycles. The van der Waals surface area contributed by atoms with E-state index in [1.54, 1.807) is 17.3 Å². The zero-order valence-corrected chi connectivity index (χ0v) is 14.0. The Morgan fingerprint density at radius 1 is 1.25 bits per heavy atom. The van der Waals surface area contributed by atoms with Crippen molar-refractivity contribution in [3.05, 3.63) is 24.0 Å². The zero-order chi connectivity index (χ0) is 17.4. The van der Waals surface area contributed by atoms with E-state index in [-0.39, 0.29) is 13.1 Å². The highest BCUT2D eigenvalue weighted by Crippen LogP contribution is 2.15. The Morgan fingerprint density at radius 2 is 1.92 bits per heavy atom. The lowest BCUT2D eigenvalue weighted by Gasteiger charge is -2.27. The van der Waals surface area contributed by atoms with Crippen molar-refractivity contribution in [1.82, 2.24) is 15.2 Å². The molecule has 0 bridgehead atoms. The fourth-order valence-electron chi connectivity index (χ4n) is 2.24. The van der Waals surface area contributed by atoms with Gasteiger partial charge in [-0.2, -0.15) is 0 Å².